The predicted octanol–water partition coefficient (Wildman–Crippen LogP) is 4.43. The van der Waals surface area contributed by atoms with Crippen molar-refractivity contribution in [2.24, 2.45) is 0 Å². The molecule has 0 saturated heterocycles. The van der Waals surface area contributed by atoms with E-state index in [0.29, 0.717) is 16.2 Å². The lowest BCUT2D eigenvalue weighted by Gasteiger charge is -2.25. The highest BCUT2D eigenvalue weighted by atomic mass is 127. The van der Waals surface area contributed by atoms with Gasteiger partial charge in [0, 0.05) is 13.1 Å². The molecule has 0 spiro atoms. The van der Waals surface area contributed by atoms with Gasteiger partial charge in [-0.15, -0.1) is 0 Å². The van der Waals surface area contributed by atoms with Crippen LogP contribution in [0.15, 0.2) is 60.7 Å². The van der Waals surface area contributed by atoms with Crippen molar-refractivity contribution >= 4 is 28.8 Å². The summed E-state index contributed by atoms with van der Waals surface area (Å²) in [6.45, 7) is -0.365. The van der Waals surface area contributed by atoms with Crippen molar-refractivity contribution in [2.75, 3.05) is 13.1 Å². The molecule has 134 valence electrons. The third-order valence-corrected chi connectivity index (χ3v) is 4.32. The second-order valence-electron chi connectivity index (χ2n) is 5.65. The molecule has 0 radical (unpaired) electrons. The molecule has 25 heavy (non-hydrogen) atoms. The van der Waals surface area contributed by atoms with Crippen molar-refractivity contribution in [1.29, 1.82) is 0 Å². The number of benzene rings is 2. The molecule has 0 heterocycles. The molecule has 0 unspecified atom stereocenters. The molecular weight excluding hydrogens is 444 g/mol. The third-order valence-electron chi connectivity index (χ3n) is 3.45. The molecule has 0 N–H and O–H groups in total. The van der Waals surface area contributed by atoms with Crippen LogP contribution < -0.4 is 0 Å². The van der Waals surface area contributed by atoms with E-state index in [0.717, 1.165) is 11.1 Å². The largest absolute Gasteiger partial charge is 0.406 e. The second kappa shape index (κ2) is 9.19. The summed E-state index contributed by atoms with van der Waals surface area (Å²) in [4.78, 5) is 14.0. The summed E-state index contributed by atoms with van der Waals surface area (Å²) < 4.78 is 38.2. The lowest BCUT2D eigenvalue weighted by atomic mass is 10.1. The molecule has 0 aliphatic heterocycles. The van der Waals surface area contributed by atoms with Gasteiger partial charge in [-0.1, -0.05) is 60.7 Å². The van der Waals surface area contributed by atoms with Crippen LogP contribution in [-0.2, 0) is 17.9 Å². The summed E-state index contributed by atoms with van der Waals surface area (Å²) in [5, 5.41) is 0. The zero-order valence-corrected chi connectivity index (χ0v) is 15.6. The zero-order valence-electron chi connectivity index (χ0n) is 13.4. The zero-order chi connectivity index (χ0) is 18.3. The Hall–Kier alpha value is -1.61. The number of carbonyl (C=O) groups excluding carboxylic acids is 1. The standard InChI is InChI=1S/C18H18F3IN2O/c19-18(20,21)14-24(22)17(25)13-23(11-15-7-3-1-4-8-15)12-16-9-5-2-6-10-16/h1-10H,11-14H2. The fourth-order valence-corrected chi connectivity index (χ4v) is 2.90. The van der Waals surface area contributed by atoms with Gasteiger partial charge in [0.15, 0.2) is 0 Å². The highest BCUT2D eigenvalue weighted by molar-refractivity contribution is 14.1. The molecular formula is C18H18F3IN2O. The van der Waals surface area contributed by atoms with E-state index in [9.17, 15) is 18.0 Å². The van der Waals surface area contributed by atoms with Gasteiger partial charge in [-0.05, 0) is 11.1 Å². The van der Waals surface area contributed by atoms with Crippen LogP contribution in [0.2, 0.25) is 0 Å². The van der Waals surface area contributed by atoms with E-state index in [1.165, 1.54) is 22.9 Å². The van der Waals surface area contributed by atoms with Crippen molar-refractivity contribution < 1.29 is 18.0 Å². The minimum Gasteiger partial charge on any atom is -0.286 e. The van der Waals surface area contributed by atoms with Gasteiger partial charge in [0.25, 0.3) is 0 Å². The van der Waals surface area contributed by atoms with Crippen LogP contribution in [0.4, 0.5) is 13.2 Å². The molecule has 1 amide bonds. The van der Waals surface area contributed by atoms with E-state index in [1.807, 2.05) is 65.6 Å². The highest BCUT2D eigenvalue weighted by Crippen LogP contribution is 2.19. The fraction of sp³-hybridized carbons (Fsp3) is 0.278. The van der Waals surface area contributed by atoms with Crippen LogP contribution in [-0.4, -0.2) is 33.2 Å². The summed E-state index contributed by atoms with van der Waals surface area (Å²) in [5.74, 6) is -0.565. The van der Waals surface area contributed by atoms with Crippen molar-refractivity contribution in [1.82, 2.24) is 8.01 Å². The number of carbonyl (C=O) groups is 1. The summed E-state index contributed by atoms with van der Waals surface area (Å²) in [6, 6.07) is 19.1. The quantitative estimate of drug-likeness (QED) is 0.449. The maximum absolute atomic E-state index is 12.5. The van der Waals surface area contributed by atoms with Gasteiger partial charge in [-0.3, -0.25) is 12.8 Å². The van der Waals surface area contributed by atoms with Gasteiger partial charge in [-0.2, -0.15) is 13.2 Å². The van der Waals surface area contributed by atoms with E-state index in [1.54, 1.807) is 0 Å². The minimum absolute atomic E-state index is 0.0805. The molecule has 0 atom stereocenters. The number of hydrogen-bond donors (Lipinski definition) is 0. The average molecular weight is 462 g/mol. The highest BCUT2D eigenvalue weighted by Gasteiger charge is 2.32. The average Bonchev–Trinajstić information content (AvgIpc) is 2.55. The molecule has 2 aromatic carbocycles. The summed E-state index contributed by atoms with van der Waals surface area (Å²) in [6.07, 6.45) is -4.40. The molecule has 3 nitrogen and oxygen atoms in total. The van der Waals surface area contributed by atoms with Gasteiger partial charge >= 0.3 is 6.18 Å². The van der Waals surface area contributed by atoms with Crippen LogP contribution in [0.25, 0.3) is 0 Å². The first kappa shape index (κ1) is 19.7. The maximum Gasteiger partial charge on any atom is 0.406 e. The van der Waals surface area contributed by atoms with E-state index < -0.39 is 18.6 Å². The number of halogens is 4. The van der Waals surface area contributed by atoms with Crippen molar-refractivity contribution in [3.05, 3.63) is 71.8 Å². The Kier molecular flexibility index (Phi) is 7.24. The lowest BCUT2D eigenvalue weighted by Crippen LogP contribution is -2.39. The number of hydrogen-bond acceptors (Lipinski definition) is 2. The Bertz CT molecular complexity index is 624. The Morgan fingerprint density at radius 1 is 0.880 bits per heavy atom. The summed E-state index contributed by atoms with van der Waals surface area (Å²) in [7, 11) is 0. The normalized spacial score (nSPS) is 11.6. The second-order valence-corrected chi connectivity index (χ2v) is 6.81. The first-order chi connectivity index (χ1) is 11.8. The number of amides is 1. The predicted molar refractivity (Wildman–Crippen MR) is 98.8 cm³/mol. The fourth-order valence-electron chi connectivity index (χ4n) is 2.36. The molecule has 0 aliphatic rings. The Balaban J connectivity index is 2.06. The monoisotopic (exact) mass is 462 g/mol. The number of rotatable bonds is 7. The van der Waals surface area contributed by atoms with Crippen LogP contribution in [0.5, 0.6) is 0 Å². The maximum atomic E-state index is 12.5. The third kappa shape index (κ3) is 7.43. The smallest absolute Gasteiger partial charge is 0.286 e. The summed E-state index contributed by atoms with van der Waals surface area (Å²) >= 11 is 1.43. The van der Waals surface area contributed by atoms with E-state index in [2.05, 4.69) is 0 Å². The van der Waals surface area contributed by atoms with Crippen molar-refractivity contribution in [2.45, 2.75) is 19.3 Å². The molecule has 0 fully saturated rings. The van der Waals surface area contributed by atoms with E-state index >= 15 is 0 Å². The SMILES string of the molecule is O=C(CN(Cc1ccccc1)Cc1ccccc1)N(I)CC(F)(F)F. The minimum atomic E-state index is -4.40. The van der Waals surface area contributed by atoms with Gasteiger partial charge in [0.2, 0.25) is 5.91 Å². The van der Waals surface area contributed by atoms with Crippen molar-refractivity contribution in [3.63, 3.8) is 0 Å². The topological polar surface area (TPSA) is 23.6 Å². The summed E-state index contributed by atoms with van der Waals surface area (Å²) in [5.41, 5.74) is 2.00. The molecule has 2 rings (SSSR count). The number of nitrogens with zero attached hydrogens (tertiary/aromatic N) is 2. The van der Waals surface area contributed by atoms with Crippen molar-refractivity contribution in [3.8, 4) is 0 Å². The van der Waals surface area contributed by atoms with Gasteiger partial charge in [-0.25, -0.2) is 0 Å². The molecule has 2 aromatic rings. The van der Waals surface area contributed by atoms with Gasteiger partial charge in [0.05, 0.1) is 29.4 Å². The molecule has 0 bridgehead atoms. The van der Waals surface area contributed by atoms with Crippen LogP contribution in [0, 0.1) is 0 Å². The lowest BCUT2D eigenvalue weighted by molar-refractivity contribution is -0.148. The molecule has 7 heteroatoms. The Morgan fingerprint density at radius 2 is 1.32 bits per heavy atom. The Labute approximate surface area is 158 Å². The first-order valence-electron chi connectivity index (χ1n) is 7.66. The molecule has 0 aliphatic carbocycles. The van der Waals surface area contributed by atoms with Crippen LogP contribution >= 0.6 is 22.9 Å². The van der Waals surface area contributed by atoms with Gasteiger partial charge in [0.1, 0.15) is 6.54 Å². The Morgan fingerprint density at radius 3 is 1.72 bits per heavy atom. The van der Waals surface area contributed by atoms with Crippen LogP contribution in [0.1, 0.15) is 11.1 Å². The molecule has 0 aromatic heterocycles. The molecule has 0 saturated carbocycles. The van der Waals surface area contributed by atoms with Gasteiger partial charge < -0.3 is 0 Å². The van der Waals surface area contributed by atoms with E-state index in [-0.39, 0.29) is 6.54 Å². The first-order valence-corrected chi connectivity index (χ1v) is 8.63. The number of alkyl halides is 3. The van der Waals surface area contributed by atoms with E-state index in [4.69, 9.17) is 0 Å². The van der Waals surface area contributed by atoms with Crippen LogP contribution in [0.3, 0.4) is 0 Å².